The Kier molecular flexibility index (Phi) is 12.5. The number of hydrogen-bond donors (Lipinski definition) is 2. The highest BCUT2D eigenvalue weighted by molar-refractivity contribution is 5.84. The Morgan fingerprint density at radius 3 is 2.47 bits per heavy atom. The lowest BCUT2D eigenvalue weighted by Crippen LogP contribution is -2.28. The first kappa shape index (κ1) is 26.8. The van der Waals surface area contributed by atoms with E-state index in [2.05, 4.69) is 20.8 Å². The van der Waals surface area contributed by atoms with Gasteiger partial charge in [-0.3, -0.25) is 9.59 Å². The lowest BCUT2D eigenvalue weighted by molar-refractivity contribution is -0.141. The van der Waals surface area contributed by atoms with Gasteiger partial charge in [-0.05, 0) is 31.1 Å². The Balaban J connectivity index is 2.35. The number of ether oxygens (including phenoxy) is 1. The third kappa shape index (κ3) is 9.74. The second kappa shape index (κ2) is 14.0. The van der Waals surface area contributed by atoms with Crippen molar-refractivity contribution in [2.24, 2.45) is 17.3 Å². The van der Waals surface area contributed by atoms with Gasteiger partial charge in [-0.1, -0.05) is 71.4 Å². The van der Waals surface area contributed by atoms with E-state index in [1.807, 2.05) is 12.2 Å². The molecule has 0 unspecified atom stereocenters. The minimum atomic E-state index is -0.596. The molecule has 5 nitrogen and oxygen atoms in total. The molecule has 1 rings (SSSR count). The second-order valence-electron chi connectivity index (χ2n) is 9.59. The third-order valence-corrected chi connectivity index (χ3v) is 6.46. The lowest BCUT2D eigenvalue weighted by atomic mass is 9.80. The Bertz CT molecular complexity index is 540. The number of carbonyl (C=O) groups excluding carboxylic acids is 2. The summed E-state index contributed by atoms with van der Waals surface area (Å²) < 4.78 is 4.93. The van der Waals surface area contributed by atoms with Crippen LogP contribution in [0.5, 0.6) is 0 Å². The van der Waals surface area contributed by atoms with Crippen molar-refractivity contribution in [2.75, 3.05) is 6.61 Å². The predicted octanol–water partition coefficient (Wildman–Crippen LogP) is 4.98. The monoisotopic (exact) mass is 424 g/mol. The number of esters is 1. The van der Waals surface area contributed by atoms with Gasteiger partial charge in [-0.15, -0.1) is 0 Å². The Hall–Kier alpha value is -1.20. The average Bonchev–Trinajstić information content (AvgIpc) is 2.93. The zero-order chi connectivity index (χ0) is 22.6. The number of ketones is 1. The topological polar surface area (TPSA) is 83.8 Å². The van der Waals surface area contributed by atoms with Gasteiger partial charge in [-0.2, -0.15) is 0 Å². The van der Waals surface area contributed by atoms with Gasteiger partial charge >= 0.3 is 5.97 Å². The van der Waals surface area contributed by atoms with Gasteiger partial charge in [0.25, 0.3) is 0 Å². The van der Waals surface area contributed by atoms with E-state index in [-0.39, 0.29) is 35.4 Å². The molecule has 0 amide bonds. The van der Waals surface area contributed by atoms with Gasteiger partial charge in [0.2, 0.25) is 0 Å². The van der Waals surface area contributed by atoms with Crippen LogP contribution in [0.2, 0.25) is 0 Å². The summed E-state index contributed by atoms with van der Waals surface area (Å²) in [6.45, 7) is 8.23. The standard InChI is InChI=1S/C25H44O5/c1-5-16-25(3,4)24(29)15-12-14-21-20(22(27)18-23(21)28)13-10-8-6-7-9-11-17-30-19(2)26/h12,14,20-21,23-24,28-29H,5-11,13,15-18H2,1-4H3/b14-12+/t20-,21-,23-,24+/m1/s1. The van der Waals surface area contributed by atoms with E-state index in [1.165, 1.54) is 6.92 Å². The fourth-order valence-corrected chi connectivity index (χ4v) is 4.48. The molecule has 1 saturated carbocycles. The molecule has 0 aliphatic heterocycles. The minimum absolute atomic E-state index is 0.0963. The predicted molar refractivity (Wildman–Crippen MR) is 120 cm³/mol. The number of carbonyl (C=O) groups is 2. The molecule has 1 aliphatic rings. The van der Waals surface area contributed by atoms with Crippen LogP contribution in [0.15, 0.2) is 12.2 Å². The molecule has 0 aromatic carbocycles. The Morgan fingerprint density at radius 2 is 1.83 bits per heavy atom. The number of aliphatic hydroxyl groups excluding tert-OH is 2. The molecule has 0 aromatic heterocycles. The van der Waals surface area contributed by atoms with Crippen molar-refractivity contribution in [2.45, 2.75) is 111 Å². The maximum Gasteiger partial charge on any atom is 0.302 e. The van der Waals surface area contributed by atoms with Crippen molar-refractivity contribution < 1.29 is 24.5 Å². The lowest BCUT2D eigenvalue weighted by Gasteiger charge is -2.29. The normalized spacial score (nSPS) is 23.3. The van der Waals surface area contributed by atoms with Crippen molar-refractivity contribution in [3.05, 3.63) is 12.2 Å². The van der Waals surface area contributed by atoms with Crippen LogP contribution in [0.4, 0.5) is 0 Å². The van der Waals surface area contributed by atoms with Gasteiger partial charge in [0.15, 0.2) is 0 Å². The second-order valence-corrected chi connectivity index (χ2v) is 9.59. The molecule has 0 aromatic rings. The van der Waals surface area contributed by atoms with Crippen molar-refractivity contribution in [1.82, 2.24) is 0 Å². The van der Waals surface area contributed by atoms with Crippen molar-refractivity contribution in [1.29, 1.82) is 0 Å². The van der Waals surface area contributed by atoms with Crippen LogP contribution in [0, 0.1) is 17.3 Å². The first-order valence-corrected chi connectivity index (χ1v) is 11.9. The smallest absolute Gasteiger partial charge is 0.302 e. The summed E-state index contributed by atoms with van der Waals surface area (Å²) in [5, 5.41) is 20.8. The fraction of sp³-hybridized carbons (Fsp3) is 0.840. The Morgan fingerprint density at radius 1 is 1.20 bits per heavy atom. The molecule has 30 heavy (non-hydrogen) atoms. The largest absolute Gasteiger partial charge is 0.466 e. The molecule has 4 atom stereocenters. The van der Waals surface area contributed by atoms with E-state index in [4.69, 9.17) is 4.74 Å². The van der Waals surface area contributed by atoms with E-state index in [0.29, 0.717) is 13.0 Å². The summed E-state index contributed by atoms with van der Waals surface area (Å²) in [5.74, 6) is -0.268. The van der Waals surface area contributed by atoms with Crippen LogP contribution >= 0.6 is 0 Å². The summed E-state index contributed by atoms with van der Waals surface area (Å²) in [4.78, 5) is 23.0. The molecule has 0 radical (unpaired) electrons. The highest BCUT2D eigenvalue weighted by Crippen LogP contribution is 2.35. The van der Waals surface area contributed by atoms with Gasteiger partial charge < -0.3 is 14.9 Å². The van der Waals surface area contributed by atoms with E-state index in [0.717, 1.165) is 57.8 Å². The summed E-state index contributed by atoms with van der Waals surface area (Å²) in [7, 11) is 0. The number of aliphatic hydroxyl groups is 2. The fourth-order valence-electron chi connectivity index (χ4n) is 4.48. The molecule has 0 heterocycles. The van der Waals surface area contributed by atoms with Crippen molar-refractivity contribution in [3.63, 3.8) is 0 Å². The van der Waals surface area contributed by atoms with Gasteiger partial charge in [0.05, 0.1) is 18.8 Å². The molecule has 0 bridgehead atoms. The van der Waals surface area contributed by atoms with E-state index < -0.39 is 12.2 Å². The van der Waals surface area contributed by atoms with E-state index in [1.54, 1.807) is 0 Å². The Labute approximate surface area is 183 Å². The van der Waals surface area contributed by atoms with Crippen LogP contribution in [0.25, 0.3) is 0 Å². The van der Waals surface area contributed by atoms with Crippen molar-refractivity contribution in [3.8, 4) is 0 Å². The highest BCUT2D eigenvalue weighted by Gasteiger charge is 2.39. The van der Waals surface area contributed by atoms with Crippen molar-refractivity contribution >= 4 is 11.8 Å². The first-order chi connectivity index (χ1) is 14.2. The molecule has 5 heteroatoms. The van der Waals surface area contributed by atoms with Crippen LogP contribution in [-0.4, -0.2) is 40.8 Å². The van der Waals surface area contributed by atoms with E-state index >= 15 is 0 Å². The molecule has 1 aliphatic carbocycles. The molecule has 0 saturated heterocycles. The third-order valence-electron chi connectivity index (χ3n) is 6.46. The van der Waals surface area contributed by atoms with Crippen LogP contribution in [0.1, 0.15) is 98.3 Å². The maximum absolute atomic E-state index is 12.3. The number of rotatable bonds is 15. The number of unbranched alkanes of at least 4 members (excludes halogenated alkanes) is 5. The minimum Gasteiger partial charge on any atom is -0.466 e. The highest BCUT2D eigenvalue weighted by atomic mass is 16.5. The van der Waals surface area contributed by atoms with Gasteiger partial charge in [0, 0.05) is 25.2 Å². The molecule has 0 spiro atoms. The van der Waals surface area contributed by atoms with Crippen LogP contribution < -0.4 is 0 Å². The summed E-state index contributed by atoms with van der Waals surface area (Å²) >= 11 is 0. The number of Topliss-reactive ketones (excluding diaryl/α,β-unsaturated/α-hetero) is 1. The molecule has 2 N–H and O–H groups in total. The summed E-state index contributed by atoms with van der Waals surface area (Å²) in [6, 6.07) is 0. The summed E-state index contributed by atoms with van der Waals surface area (Å²) in [6.07, 6.45) is 12.8. The first-order valence-electron chi connectivity index (χ1n) is 11.9. The maximum atomic E-state index is 12.3. The molecular formula is C25H44O5. The molecule has 1 fully saturated rings. The van der Waals surface area contributed by atoms with Crippen LogP contribution in [-0.2, 0) is 14.3 Å². The number of hydrogen-bond acceptors (Lipinski definition) is 5. The van der Waals surface area contributed by atoms with Gasteiger partial charge in [-0.25, -0.2) is 0 Å². The quantitative estimate of drug-likeness (QED) is 0.220. The molecule has 174 valence electrons. The zero-order valence-corrected chi connectivity index (χ0v) is 19.6. The van der Waals surface area contributed by atoms with Gasteiger partial charge in [0.1, 0.15) is 5.78 Å². The van der Waals surface area contributed by atoms with E-state index in [9.17, 15) is 19.8 Å². The molecular weight excluding hydrogens is 380 g/mol. The van der Waals surface area contributed by atoms with Crippen LogP contribution in [0.3, 0.4) is 0 Å². The zero-order valence-electron chi connectivity index (χ0n) is 19.6. The summed E-state index contributed by atoms with van der Waals surface area (Å²) in [5.41, 5.74) is -0.124. The SMILES string of the molecule is CCCC(C)(C)[C@@H](O)C/C=C/[C@H]1[C@H](O)CC(=O)[C@@H]1CCCCCCCCOC(C)=O. The average molecular weight is 425 g/mol.